The number of nitrogens with zero attached hydrogens (tertiary/aromatic N) is 2. The molecule has 42 valence electrons. The van der Waals surface area contributed by atoms with Gasteiger partial charge >= 0.3 is 29.6 Å². The summed E-state index contributed by atoms with van der Waals surface area (Å²) in [5.74, 6) is 0. The van der Waals surface area contributed by atoms with E-state index < -0.39 is 0 Å². The Morgan fingerprint density at radius 1 is 1.56 bits per heavy atom. The van der Waals surface area contributed by atoms with Gasteiger partial charge in [-0.15, -0.1) is 0 Å². The van der Waals surface area contributed by atoms with Crippen LogP contribution in [-0.2, 0) is 0 Å². The molecule has 0 saturated heterocycles. The van der Waals surface area contributed by atoms with Crippen molar-refractivity contribution in [3.8, 4) is 12.1 Å². The fraction of sp³-hybridized carbons (Fsp3) is 0.200. The topological polar surface area (TPSA) is 67.8 Å². The van der Waals surface area contributed by atoms with Crippen LogP contribution >= 0.6 is 0 Å². The SMILES string of the molecule is N#CCC(C#N)=CO.[NaH]. The molecule has 0 aliphatic heterocycles. The van der Waals surface area contributed by atoms with E-state index in [1.807, 2.05) is 0 Å². The van der Waals surface area contributed by atoms with Gasteiger partial charge in [-0.2, -0.15) is 10.5 Å². The van der Waals surface area contributed by atoms with E-state index >= 15 is 0 Å². The molecular formula is C5H5N2NaO. The molecule has 4 heteroatoms. The third-order valence-electron chi connectivity index (χ3n) is 0.569. The summed E-state index contributed by atoms with van der Waals surface area (Å²) in [7, 11) is 0. The molecule has 3 nitrogen and oxygen atoms in total. The molecule has 9 heavy (non-hydrogen) atoms. The molecule has 0 atom stereocenters. The van der Waals surface area contributed by atoms with Crippen molar-refractivity contribution in [2.24, 2.45) is 0 Å². The molecule has 0 aromatic heterocycles. The zero-order chi connectivity index (χ0) is 6.41. The molecule has 0 saturated carbocycles. The Kier molecular flexibility index (Phi) is 9.47. The van der Waals surface area contributed by atoms with Crippen LogP contribution in [0.1, 0.15) is 6.42 Å². The van der Waals surface area contributed by atoms with Crippen molar-refractivity contribution in [1.82, 2.24) is 0 Å². The quantitative estimate of drug-likeness (QED) is 0.315. The van der Waals surface area contributed by atoms with Crippen LogP contribution in [0.2, 0.25) is 0 Å². The first kappa shape index (κ1) is 11.3. The van der Waals surface area contributed by atoms with Crippen LogP contribution in [0.25, 0.3) is 0 Å². The van der Waals surface area contributed by atoms with E-state index in [-0.39, 0.29) is 41.6 Å². The van der Waals surface area contributed by atoms with Gasteiger partial charge in [-0.1, -0.05) is 0 Å². The van der Waals surface area contributed by atoms with E-state index in [0.29, 0.717) is 6.26 Å². The van der Waals surface area contributed by atoms with Gasteiger partial charge in [-0.25, -0.2) is 0 Å². The average molecular weight is 132 g/mol. The Hall–Kier alpha value is -0.480. The Morgan fingerprint density at radius 3 is 2.22 bits per heavy atom. The predicted octanol–water partition coefficient (Wildman–Crippen LogP) is 0.217. The second-order valence-corrected chi connectivity index (χ2v) is 1.10. The Morgan fingerprint density at radius 2 is 2.11 bits per heavy atom. The van der Waals surface area contributed by atoms with E-state index in [1.165, 1.54) is 0 Å². The minimum absolute atomic E-state index is 0. The molecule has 0 aliphatic carbocycles. The van der Waals surface area contributed by atoms with Crippen LogP contribution in [0.3, 0.4) is 0 Å². The van der Waals surface area contributed by atoms with Gasteiger partial charge in [0.15, 0.2) is 0 Å². The summed E-state index contributed by atoms with van der Waals surface area (Å²) >= 11 is 0. The Balaban J connectivity index is 0. The van der Waals surface area contributed by atoms with Crippen LogP contribution in [0.15, 0.2) is 11.8 Å². The van der Waals surface area contributed by atoms with Gasteiger partial charge in [-0.05, 0) is 0 Å². The first-order chi connectivity index (χ1) is 3.85. The molecule has 0 bridgehead atoms. The van der Waals surface area contributed by atoms with Crippen molar-refractivity contribution in [2.75, 3.05) is 0 Å². The molecule has 1 N–H and O–H groups in total. The Labute approximate surface area is 75.5 Å². The number of allylic oxidation sites excluding steroid dienone is 1. The number of nitriles is 2. The van der Waals surface area contributed by atoms with Gasteiger partial charge in [0.2, 0.25) is 0 Å². The first-order valence-corrected chi connectivity index (χ1v) is 1.95. The monoisotopic (exact) mass is 132 g/mol. The molecule has 0 fully saturated rings. The summed E-state index contributed by atoms with van der Waals surface area (Å²) in [6.45, 7) is 0. The number of hydrogen-bond acceptors (Lipinski definition) is 3. The van der Waals surface area contributed by atoms with Crippen molar-refractivity contribution in [1.29, 1.82) is 10.5 Å². The van der Waals surface area contributed by atoms with Crippen LogP contribution in [0, 0.1) is 22.7 Å². The summed E-state index contributed by atoms with van der Waals surface area (Å²) in [6, 6.07) is 3.36. The summed E-state index contributed by atoms with van der Waals surface area (Å²) in [4.78, 5) is 0. The number of hydrogen-bond donors (Lipinski definition) is 1. The van der Waals surface area contributed by atoms with Gasteiger partial charge in [0.1, 0.15) is 0 Å². The molecule has 0 aromatic rings. The summed E-state index contributed by atoms with van der Waals surface area (Å²) in [5, 5.41) is 24.1. The van der Waals surface area contributed by atoms with Crippen molar-refractivity contribution in [2.45, 2.75) is 6.42 Å². The van der Waals surface area contributed by atoms with Crippen molar-refractivity contribution >= 4 is 29.6 Å². The zero-order valence-corrected chi connectivity index (χ0v) is 4.13. The third kappa shape index (κ3) is 5.39. The van der Waals surface area contributed by atoms with E-state index in [9.17, 15) is 0 Å². The average Bonchev–Trinajstić information content (AvgIpc) is 1.83. The fourth-order valence-electron chi connectivity index (χ4n) is 0.199. The molecule has 0 radical (unpaired) electrons. The molecule has 0 aliphatic rings. The summed E-state index contributed by atoms with van der Waals surface area (Å²) < 4.78 is 0. The fourth-order valence-corrected chi connectivity index (χ4v) is 0.199. The van der Waals surface area contributed by atoms with Crippen LogP contribution < -0.4 is 0 Å². The molecule has 0 heterocycles. The maximum absolute atomic E-state index is 8.12. The zero-order valence-electron chi connectivity index (χ0n) is 4.13. The van der Waals surface area contributed by atoms with E-state index in [0.717, 1.165) is 0 Å². The third-order valence-corrected chi connectivity index (χ3v) is 0.569. The summed E-state index contributed by atoms with van der Waals surface area (Å²) in [5.41, 5.74) is 0.0903. The van der Waals surface area contributed by atoms with E-state index in [4.69, 9.17) is 15.6 Å². The van der Waals surface area contributed by atoms with Crippen LogP contribution in [0.4, 0.5) is 0 Å². The van der Waals surface area contributed by atoms with Gasteiger partial charge in [0.05, 0.1) is 30.4 Å². The molecule has 0 aromatic carbocycles. The van der Waals surface area contributed by atoms with E-state index in [2.05, 4.69) is 0 Å². The minimum atomic E-state index is -0.0208. The van der Waals surface area contributed by atoms with Gasteiger partial charge < -0.3 is 5.11 Å². The van der Waals surface area contributed by atoms with Crippen molar-refractivity contribution in [3.63, 3.8) is 0 Å². The summed E-state index contributed by atoms with van der Waals surface area (Å²) in [6.07, 6.45) is 0.621. The predicted molar refractivity (Wildman–Crippen MR) is 33.7 cm³/mol. The van der Waals surface area contributed by atoms with Gasteiger partial charge in [-0.3, -0.25) is 0 Å². The Bertz CT molecular complexity index is 174. The van der Waals surface area contributed by atoms with Crippen LogP contribution in [-0.4, -0.2) is 34.7 Å². The van der Waals surface area contributed by atoms with Crippen LogP contribution in [0.5, 0.6) is 0 Å². The maximum atomic E-state index is 8.12. The molecule has 0 amide bonds. The normalized spacial score (nSPS) is 8.44. The van der Waals surface area contributed by atoms with Crippen molar-refractivity contribution < 1.29 is 5.11 Å². The number of rotatable bonds is 1. The molecule has 0 spiro atoms. The van der Waals surface area contributed by atoms with E-state index in [1.54, 1.807) is 12.1 Å². The first-order valence-electron chi connectivity index (χ1n) is 1.95. The van der Waals surface area contributed by atoms with Crippen molar-refractivity contribution in [3.05, 3.63) is 11.8 Å². The van der Waals surface area contributed by atoms with Gasteiger partial charge in [0, 0.05) is 0 Å². The van der Waals surface area contributed by atoms with Gasteiger partial charge in [0.25, 0.3) is 0 Å². The second-order valence-electron chi connectivity index (χ2n) is 1.10. The standard InChI is InChI=1S/C5H4N2O.Na.H/c6-2-1-5(3-7)4-8;;/h4,8H,1H2;;. The molecular weight excluding hydrogens is 127 g/mol. The molecule has 0 rings (SSSR count). The number of aliphatic hydroxyl groups excluding tert-OH is 1. The molecule has 0 unspecified atom stereocenters. The number of aliphatic hydroxyl groups is 1. The second kappa shape index (κ2) is 7.52.